The monoisotopic (exact) mass is 379 g/mol. The zero-order valence-electron chi connectivity index (χ0n) is 16.5. The Hall–Kier alpha value is -3.05. The molecule has 0 aliphatic rings. The summed E-state index contributed by atoms with van der Waals surface area (Å²) in [7, 11) is 1.57. The van der Waals surface area contributed by atoms with Crippen molar-refractivity contribution in [1.82, 2.24) is 4.57 Å². The Bertz CT molecular complexity index is 954. The molecule has 2 aromatic carbocycles. The molecular weight excluding hydrogens is 354 g/mol. The van der Waals surface area contributed by atoms with E-state index in [9.17, 15) is 4.79 Å². The summed E-state index contributed by atoms with van der Waals surface area (Å²) in [5.74, 6) is 1.11. The predicted molar refractivity (Wildman–Crippen MR) is 110 cm³/mol. The molecule has 0 bridgehead atoms. The summed E-state index contributed by atoms with van der Waals surface area (Å²) in [4.78, 5) is 13.3. The fourth-order valence-electron chi connectivity index (χ4n) is 3.05. The second-order valence-corrected chi connectivity index (χ2v) is 6.79. The highest BCUT2D eigenvalue weighted by Crippen LogP contribution is 2.35. The predicted octanol–water partition coefficient (Wildman–Crippen LogP) is 5.00. The van der Waals surface area contributed by atoms with Crippen molar-refractivity contribution in [1.29, 1.82) is 0 Å². The minimum absolute atomic E-state index is 0.122. The van der Waals surface area contributed by atoms with E-state index >= 15 is 0 Å². The molecule has 146 valence electrons. The summed E-state index contributed by atoms with van der Waals surface area (Å²) in [6.45, 7) is 8.21. The van der Waals surface area contributed by atoms with Crippen molar-refractivity contribution in [2.24, 2.45) is 0 Å². The number of rotatable bonds is 8. The summed E-state index contributed by atoms with van der Waals surface area (Å²) in [5.41, 5.74) is 1.40. The van der Waals surface area contributed by atoms with Crippen molar-refractivity contribution in [2.75, 3.05) is 20.5 Å². The molecular formula is C23H25NO4. The highest BCUT2D eigenvalue weighted by atomic mass is 16.7. The largest absolute Gasteiger partial charge is 0.489 e. The average Bonchev–Trinajstić information content (AvgIpc) is 3.14. The van der Waals surface area contributed by atoms with E-state index in [1.807, 2.05) is 42.7 Å². The van der Waals surface area contributed by atoms with E-state index in [0.29, 0.717) is 23.7 Å². The number of carbonyl (C=O) groups is 1. The normalized spacial score (nSPS) is 11.0. The number of hydrogen-bond acceptors (Lipinski definition) is 4. The van der Waals surface area contributed by atoms with E-state index in [4.69, 9.17) is 14.2 Å². The van der Waals surface area contributed by atoms with Crippen molar-refractivity contribution < 1.29 is 19.0 Å². The Morgan fingerprint density at radius 1 is 1.11 bits per heavy atom. The molecule has 0 aliphatic heterocycles. The van der Waals surface area contributed by atoms with Crippen molar-refractivity contribution in [3.8, 4) is 11.5 Å². The number of methoxy groups -OCH3 is 1. The summed E-state index contributed by atoms with van der Waals surface area (Å²) >= 11 is 0. The van der Waals surface area contributed by atoms with Crippen LogP contribution in [0.5, 0.6) is 11.5 Å². The first kappa shape index (κ1) is 19.7. The number of aromatic nitrogens is 1. The standard InChI is InChI=1S/C23H25NO4/c1-5-10-27-22-12-21(28-15-26-4)19(16(2)3)11-20(22)23(25)24-13-17-8-6-7-9-18(17)14-24/h5-9,11-14,16H,1,10,15H2,2-4H3. The summed E-state index contributed by atoms with van der Waals surface area (Å²) < 4.78 is 18.1. The van der Waals surface area contributed by atoms with Crippen LogP contribution in [0.3, 0.4) is 0 Å². The quantitative estimate of drug-likeness (QED) is 0.408. The maximum atomic E-state index is 13.3. The summed E-state index contributed by atoms with van der Waals surface area (Å²) in [6, 6.07) is 11.5. The van der Waals surface area contributed by atoms with Crippen molar-refractivity contribution >= 4 is 16.7 Å². The average molecular weight is 379 g/mol. The number of nitrogens with zero attached hydrogens (tertiary/aromatic N) is 1. The van der Waals surface area contributed by atoms with Gasteiger partial charge >= 0.3 is 0 Å². The van der Waals surface area contributed by atoms with Crippen LogP contribution in [0.1, 0.15) is 35.7 Å². The number of carbonyl (C=O) groups excluding carboxylic acids is 1. The lowest BCUT2D eigenvalue weighted by atomic mass is 9.98. The van der Waals surface area contributed by atoms with Gasteiger partial charge in [0.1, 0.15) is 18.1 Å². The molecule has 0 amide bonds. The molecule has 3 aromatic rings. The minimum Gasteiger partial charge on any atom is -0.489 e. The van der Waals surface area contributed by atoms with E-state index in [-0.39, 0.29) is 18.6 Å². The Kier molecular flexibility index (Phi) is 6.16. The molecule has 28 heavy (non-hydrogen) atoms. The van der Waals surface area contributed by atoms with Gasteiger partial charge < -0.3 is 14.2 Å². The van der Waals surface area contributed by atoms with Crippen LogP contribution in [0.15, 0.2) is 61.4 Å². The van der Waals surface area contributed by atoms with Crippen molar-refractivity contribution in [2.45, 2.75) is 19.8 Å². The van der Waals surface area contributed by atoms with Gasteiger partial charge in [0.15, 0.2) is 6.79 Å². The van der Waals surface area contributed by atoms with Crippen LogP contribution in [0.25, 0.3) is 10.8 Å². The third kappa shape index (κ3) is 4.10. The van der Waals surface area contributed by atoms with Crippen LogP contribution in [-0.4, -0.2) is 31.0 Å². The molecule has 0 fully saturated rings. The Morgan fingerprint density at radius 3 is 2.36 bits per heavy atom. The smallest absolute Gasteiger partial charge is 0.265 e. The maximum absolute atomic E-state index is 13.3. The van der Waals surface area contributed by atoms with E-state index in [1.165, 1.54) is 0 Å². The zero-order chi connectivity index (χ0) is 20.1. The van der Waals surface area contributed by atoms with Crippen LogP contribution in [0, 0.1) is 0 Å². The fraction of sp³-hybridized carbons (Fsp3) is 0.261. The molecule has 5 heteroatoms. The number of ether oxygens (including phenoxy) is 3. The molecule has 0 spiro atoms. The summed E-state index contributed by atoms with van der Waals surface area (Å²) in [6.07, 6.45) is 5.31. The molecule has 0 saturated carbocycles. The van der Waals surface area contributed by atoms with Gasteiger partial charge in [-0.25, -0.2) is 0 Å². The van der Waals surface area contributed by atoms with Crippen LogP contribution in [0.2, 0.25) is 0 Å². The first-order valence-electron chi connectivity index (χ1n) is 9.20. The van der Waals surface area contributed by atoms with Gasteiger partial charge in [0.25, 0.3) is 5.91 Å². The maximum Gasteiger partial charge on any atom is 0.265 e. The molecule has 0 saturated heterocycles. The molecule has 0 N–H and O–H groups in total. The van der Waals surface area contributed by atoms with Crippen LogP contribution in [0.4, 0.5) is 0 Å². The molecule has 0 atom stereocenters. The lowest BCUT2D eigenvalue weighted by Gasteiger charge is -2.18. The third-order valence-corrected chi connectivity index (χ3v) is 4.44. The molecule has 0 unspecified atom stereocenters. The first-order chi connectivity index (χ1) is 13.5. The number of hydrogen-bond donors (Lipinski definition) is 0. The van der Waals surface area contributed by atoms with Crippen molar-refractivity contribution in [3.05, 3.63) is 72.6 Å². The second kappa shape index (κ2) is 8.76. The molecule has 1 aromatic heterocycles. The molecule has 3 rings (SSSR count). The van der Waals surface area contributed by atoms with Gasteiger partial charge in [0.05, 0.1) is 5.56 Å². The van der Waals surface area contributed by atoms with E-state index < -0.39 is 0 Å². The van der Waals surface area contributed by atoms with Gasteiger partial charge in [-0.15, -0.1) is 0 Å². The minimum atomic E-state index is -0.157. The van der Waals surface area contributed by atoms with Crippen molar-refractivity contribution in [3.63, 3.8) is 0 Å². The highest BCUT2D eigenvalue weighted by molar-refractivity contribution is 6.01. The third-order valence-electron chi connectivity index (χ3n) is 4.44. The van der Waals surface area contributed by atoms with Crippen LogP contribution in [-0.2, 0) is 4.74 Å². The van der Waals surface area contributed by atoms with Crippen LogP contribution >= 0.6 is 0 Å². The molecule has 5 nitrogen and oxygen atoms in total. The number of fused-ring (bicyclic) bond motifs is 1. The SMILES string of the molecule is C=CCOc1cc(OCOC)c(C(C)C)cc1C(=O)n1cc2ccccc2c1. The zero-order valence-corrected chi connectivity index (χ0v) is 16.5. The lowest BCUT2D eigenvalue weighted by molar-refractivity contribution is 0.0501. The number of benzene rings is 2. The van der Waals surface area contributed by atoms with E-state index in [1.54, 1.807) is 23.8 Å². The second-order valence-electron chi connectivity index (χ2n) is 6.79. The van der Waals surface area contributed by atoms with Gasteiger partial charge in [0, 0.05) is 25.6 Å². The van der Waals surface area contributed by atoms with E-state index in [0.717, 1.165) is 16.3 Å². The van der Waals surface area contributed by atoms with Crippen LogP contribution < -0.4 is 9.47 Å². The van der Waals surface area contributed by atoms with Gasteiger partial charge in [-0.1, -0.05) is 50.8 Å². The fourth-order valence-corrected chi connectivity index (χ4v) is 3.05. The Balaban J connectivity index is 2.08. The van der Waals surface area contributed by atoms with Gasteiger partial charge in [-0.05, 0) is 28.3 Å². The van der Waals surface area contributed by atoms with Gasteiger partial charge in [0.2, 0.25) is 0 Å². The Labute approximate surface area is 165 Å². The van der Waals surface area contributed by atoms with Gasteiger partial charge in [-0.3, -0.25) is 9.36 Å². The highest BCUT2D eigenvalue weighted by Gasteiger charge is 2.21. The summed E-state index contributed by atoms with van der Waals surface area (Å²) in [5, 5.41) is 2.02. The first-order valence-corrected chi connectivity index (χ1v) is 9.20. The molecule has 0 aliphatic carbocycles. The topological polar surface area (TPSA) is 49.7 Å². The van der Waals surface area contributed by atoms with E-state index in [2.05, 4.69) is 20.4 Å². The molecule has 1 heterocycles. The van der Waals surface area contributed by atoms with Gasteiger partial charge in [-0.2, -0.15) is 0 Å². The Morgan fingerprint density at radius 2 is 1.79 bits per heavy atom. The lowest BCUT2D eigenvalue weighted by Crippen LogP contribution is -2.14. The molecule has 0 radical (unpaired) electrons.